The Kier molecular flexibility index (Phi) is 4.93. The second kappa shape index (κ2) is 6.68. The molecular formula is C13H19N3O2S. The lowest BCUT2D eigenvalue weighted by Gasteiger charge is -2.26. The molecule has 1 aromatic rings. The molecule has 0 aliphatic carbocycles. The van der Waals surface area contributed by atoms with Gasteiger partial charge >= 0.3 is 5.97 Å². The van der Waals surface area contributed by atoms with Crippen molar-refractivity contribution in [2.75, 3.05) is 48.7 Å². The first-order valence-electron chi connectivity index (χ1n) is 6.33. The maximum atomic E-state index is 10.9. The number of rotatable bonds is 5. The fourth-order valence-corrected chi connectivity index (χ4v) is 2.99. The number of nitrogens with zero attached hydrogens (tertiary/aromatic N) is 1. The van der Waals surface area contributed by atoms with Crippen molar-refractivity contribution in [3.8, 4) is 0 Å². The third kappa shape index (κ3) is 4.04. The molecule has 0 atom stereocenters. The first-order chi connectivity index (χ1) is 9.16. The van der Waals surface area contributed by atoms with Gasteiger partial charge in [-0.2, -0.15) is 11.8 Å². The molecule has 104 valence electrons. The van der Waals surface area contributed by atoms with Crippen LogP contribution in [0.2, 0.25) is 0 Å². The van der Waals surface area contributed by atoms with E-state index in [4.69, 9.17) is 10.8 Å². The van der Waals surface area contributed by atoms with Crippen molar-refractivity contribution >= 4 is 29.1 Å². The fourth-order valence-electron chi connectivity index (χ4n) is 2.02. The summed E-state index contributed by atoms with van der Waals surface area (Å²) in [6.45, 7) is 3.98. The molecule has 1 heterocycles. The number of hydrogen-bond acceptors (Lipinski definition) is 5. The molecule has 1 aliphatic rings. The standard InChI is InChI=1S/C13H19N3O2S/c14-11-2-1-10(13(17)18)9-12(11)15-3-4-16-5-7-19-8-6-16/h1-2,9,15H,3-8,14H2,(H,17,18). The molecule has 6 heteroatoms. The van der Waals surface area contributed by atoms with Gasteiger partial charge in [0.1, 0.15) is 0 Å². The predicted molar refractivity (Wildman–Crippen MR) is 80.1 cm³/mol. The number of thioether (sulfide) groups is 1. The maximum Gasteiger partial charge on any atom is 0.335 e. The van der Waals surface area contributed by atoms with Crippen LogP contribution in [0.15, 0.2) is 18.2 Å². The average Bonchev–Trinajstić information content (AvgIpc) is 2.42. The molecule has 0 bridgehead atoms. The lowest BCUT2D eigenvalue weighted by Crippen LogP contribution is -2.36. The molecule has 1 saturated heterocycles. The minimum Gasteiger partial charge on any atom is -0.478 e. The largest absolute Gasteiger partial charge is 0.478 e. The number of nitrogen functional groups attached to an aromatic ring is 1. The summed E-state index contributed by atoms with van der Waals surface area (Å²) in [6.07, 6.45) is 0. The smallest absolute Gasteiger partial charge is 0.335 e. The molecular weight excluding hydrogens is 262 g/mol. The Labute approximate surface area is 117 Å². The zero-order chi connectivity index (χ0) is 13.7. The van der Waals surface area contributed by atoms with Gasteiger partial charge < -0.3 is 16.2 Å². The van der Waals surface area contributed by atoms with Crippen LogP contribution in [0, 0.1) is 0 Å². The van der Waals surface area contributed by atoms with Gasteiger partial charge in [-0.15, -0.1) is 0 Å². The lowest BCUT2D eigenvalue weighted by molar-refractivity contribution is 0.0697. The summed E-state index contributed by atoms with van der Waals surface area (Å²) in [5.74, 6) is 1.45. The molecule has 1 fully saturated rings. The Balaban J connectivity index is 1.87. The molecule has 0 aromatic heterocycles. The van der Waals surface area contributed by atoms with Crippen molar-refractivity contribution in [3.05, 3.63) is 23.8 Å². The van der Waals surface area contributed by atoms with Crippen LogP contribution in [0.5, 0.6) is 0 Å². The van der Waals surface area contributed by atoms with Crippen molar-refractivity contribution in [2.45, 2.75) is 0 Å². The summed E-state index contributed by atoms with van der Waals surface area (Å²) in [7, 11) is 0. The minimum atomic E-state index is -0.934. The summed E-state index contributed by atoms with van der Waals surface area (Å²) in [5, 5.41) is 12.2. The van der Waals surface area contributed by atoms with E-state index in [9.17, 15) is 4.79 Å². The highest BCUT2D eigenvalue weighted by atomic mass is 32.2. The number of nitrogens with one attached hydrogen (secondary N) is 1. The number of carboxylic acids is 1. The van der Waals surface area contributed by atoms with E-state index in [2.05, 4.69) is 10.2 Å². The van der Waals surface area contributed by atoms with Crippen LogP contribution in [-0.4, -0.2) is 53.7 Å². The predicted octanol–water partition coefficient (Wildman–Crippen LogP) is 1.43. The van der Waals surface area contributed by atoms with Crippen LogP contribution in [0.4, 0.5) is 11.4 Å². The zero-order valence-electron chi connectivity index (χ0n) is 10.8. The third-order valence-electron chi connectivity index (χ3n) is 3.15. The van der Waals surface area contributed by atoms with Crippen LogP contribution in [0.3, 0.4) is 0 Å². The van der Waals surface area contributed by atoms with E-state index in [-0.39, 0.29) is 5.56 Å². The number of carboxylic acid groups (broad SMARTS) is 1. The second-order valence-electron chi connectivity index (χ2n) is 4.49. The van der Waals surface area contributed by atoms with E-state index in [0.717, 1.165) is 26.2 Å². The molecule has 19 heavy (non-hydrogen) atoms. The minimum absolute atomic E-state index is 0.256. The topological polar surface area (TPSA) is 78.6 Å². The molecule has 0 saturated carbocycles. The molecule has 1 aromatic carbocycles. The van der Waals surface area contributed by atoms with E-state index in [0.29, 0.717) is 11.4 Å². The first-order valence-corrected chi connectivity index (χ1v) is 7.49. The van der Waals surface area contributed by atoms with Crippen LogP contribution in [-0.2, 0) is 0 Å². The summed E-state index contributed by atoms with van der Waals surface area (Å²) in [6, 6.07) is 4.73. The lowest BCUT2D eigenvalue weighted by atomic mass is 10.1. The summed E-state index contributed by atoms with van der Waals surface area (Å²) in [5.41, 5.74) is 7.37. The molecule has 5 nitrogen and oxygen atoms in total. The van der Waals surface area contributed by atoms with Crippen molar-refractivity contribution in [1.29, 1.82) is 0 Å². The van der Waals surface area contributed by atoms with E-state index in [1.165, 1.54) is 17.6 Å². The number of anilines is 2. The van der Waals surface area contributed by atoms with E-state index in [1.54, 1.807) is 12.1 Å². The Morgan fingerprint density at radius 3 is 2.84 bits per heavy atom. The summed E-state index contributed by atoms with van der Waals surface area (Å²) in [4.78, 5) is 13.3. The monoisotopic (exact) mass is 281 g/mol. The van der Waals surface area contributed by atoms with E-state index < -0.39 is 5.97 Å². The van der Waals surface area contributed by atoms with E-state index in [1.807, 2.05) is 11.8 Å². The highest BCUT2D eigenvalue weighted by Crippen LogP contribution is 2.20. The maximum absolute atomic E-state index is 10.9. The Morgan fingerprint density at radius 2 is 2.16 bits per heavy atom. The molecule has 4 N–H and O–H groups in total. The SMILES string of the molecule is Nc1ccc(C(=O)O)cc1NCCN1CCSCC1. The summed E-state index contributed by atoms with van der Waals surface area (Å²) >= 11 is 1.99. The fraction of sp³-hybridized carbons (Fsp3) is 0.462. The summed E-state index contributed by atoms with van der Waals surface area (Å²) < 4.78 is 0. The highest BCUT2D eigenvalue weighted by molar-refractivity contribution is 7.99. The highest BCUT2D eigenvalue weighted by Gasteiger charge is 2.10. The normalized spacial score (nSPS) is 16.2. The van der Waals surface area contributed by atoms with Crippen molar-refractivity contribution in [3.63, 3.8) is 0 Å². The zero-order valence-corrected chi connectivity index (χ0v) is 11.6. The molecule has 0 unspecified atom stereocenters. The number of aromatic carboxylic acids is 1. The van der Waals surface area contributed by atoms with Crippen molar-refractivity contribution in [1.82, 2.24) is 4.90 Å². The molecule has 0 radical (unpaired) electrons. The van der Waals surface area contributed by atoms with Gasteiger partial charge in [-0.05, 0) is 18.2 Å². The number of nitrogens with two attached hydrogens (primary N) is 1. The molecule has 1 aliphatic heterocycles. The average molecular weight is 281 g/mol. The van der Waals surface area contributed by atoms with Crippen molar-refractivity contribution in [2.24, 2.45) is 0 Å². The van der Waals surface area contributed by atoms with E-state index >= 15 is 0 Å². The molecule has 0 spiro atoms. The van der Waals surface area contributed by atoms with Crippen LogP contribution >= 0.6 is 11.8 Å². The molecule has 0 amide bonds. The third-order valence-corrected chi connectivity index (χ3v) is 4.09. The van der Waals surface area contributed by atoms with Crippen LogP contribution < -0.4 is 11.1 Å². The number of carbonyl (C=O) groups is 1. The van der Waals surface area contributed by atoms with Crippen LogP contribution in [0.1, 0.15) is 10.4 Å². The van der Waals surface area contributed by atoms with Gasteiger partial charge in [0.05, 0.1) is 16.9 Å². The first kappa shape index (κ1) is 14.0. The van der Waals surface area contributed by atoms with Gasteiger partial charge in [-0.3, -0.25) is 4.90 Å². The van der Waals surface area contributed by atoms with Gasteiger partial charge in [0.15, 0.2) is 0 Å². The van der Waals surface area contributed by atoms with Crippen LogP contribution in [0.25, 0.3) is 0 Å². The quantitative estimate of drug-likeness (QED) is 0.709. The number of benzene rings is 1. The van der Waals surface area contributed by atoms with Gasteiger partial charge in [0.25, 0.3) is 0 Å². The van der Waals surface area contributed by atoms with Gasteiger partial charge in [-0.1, -0.05) is 0 Å². The molecule has 2 rings (SSSR count). The Morgan fingerprint density at radius 1 is 1.42 bits per heavy atom. The van der Waals surface area contributed by atoms with Gasteiger partial charge in [0.2, 0.25) is 0 Å². The van der Waals surface area contributed by atoms with Crippen molar-refractivity contribution < 1.29 is 9.90 Å². The second-order valence-corrected chi connectivity index (χ2v) is 5.71. The van der Waals surface area contributed by atoms with Gasteiger partial charge in [-0.25, -0.2) is 4.79 Å². The Hall–Kier alpha value is -1.40. The van der Waals surface area contributed by atoms with Gasteiger partial charge in [0, 0.05) is 37.7 Å². The Bertz CT molecular complexity index is 448. The number of hydrogen-bond donors (Lipinski definition) is 3.